The van der Waals surface area contributed by atoms with Crippen LogP contribution in [0.3, 0.4) is 0 Å². The second-order valence-corrected chi connectivity index (χ2v) is 8.55. The Balaban J connectivity index is 1.97. The van der Waals surface area contributed by atoms with Crippen molar-refractivity contribution in [3.63, 3.8) is 0 Å². The van der Waals surface area contributed by atoms with Crippen LogP contribution >= 0.6 is 27.5 Å². The van der Waals surface area contributed by atoms with Crippen molar-refractivity contribution in [3.05, 3.63) is 62.8 Å². The molecular formula is C20H18BrClF4N2O2. The summed E-state index contributed by atoms with van der Waals surface area (Å²) >= 11 is 9.14. The van der Waals surface area contributed by atoms with E-state index in [0.717, 1.165) is 6.20 Å². The predicted molar refractivity (Wildman–Crippen MR) is 107 cm³/mol. The van der Waals surface area contributed by atoms with Crippen LogP contribution in [0.4, 0.5) is 17.6 Å². The normalized spacial score (nSPS) is 23.1. The maximum atomic E-state index is 13.7. The molecule has 1 amide bonds. The number of aliphatic hydroxyl groups is 1. The summed E-state index contributed by atoms with van der Waals surface area (Å²) in [4.78, 5) is 16.5. The maximum absolute atomic E-state index is 13.7. The molecule has 0 unspecified atom stereocenters. The molecule has 1 saturated carbocycles. The Hall–Kier alpha value is -1.71. The number of hydrogen-bond donors (Lipinski definition) is 2. The number of benzene rings is 1. The van der Waals surface area contributed by atoms with Crippen LogP contribution in [0.15, 0.2) is 41.0 Å². The molecule has 0 bridgehead atoms. The molecule has 0 aliphatic heterocycles. The molecule has 162 valence electrons. The quantitative estimate of drug-likeness (QED) is 0.525. The van der Waals surface area contributed by atoms with E-state index in [4.69, 9.17) is 11.6 Å². The third kappa shape index (κ3) is 4.95. The first-order chi connectivity index (χ1) is 14.0. The van der Waals surface area contributed by atoms with Gasteiger partial charge in [0.25, 0.3) is 5.91 Å². The second-order valence-electron chi connectivity index (χ2n) is 7.26. The molecule has 0 radical (unpaired) electrons. The van der Waals surface area contributed by atoms with E-state index in [1.165, 1.54) is 0 Å². The molecule has 10 heteroatoms. The highest BCUT2D eigenvalue weighted by atomic mass is 79.9. The first-order valence-electron chi connectivity index (χ1n) is 9.16. The number of carbonyl (C=O) groups is 1. The minimum absolute atomic E-state index is 0.0787. The number of pyridine rings is 1. The Morgan fingerprint density at radius 2 is 1.97 bits per heavy atom. The number of halogens is 6. The van der Waals surface area contributed by atoms with Crippen molar-refractivity contribution < 1.29 is 27.5 Å². The number of carbonyl (C=O) groups excluding carboxylic acids is 1. The summed E-state index contributed by atoms with van der Waals surface area (Å²) in [5.74, 6) is -0.966. The van der Waals surface area contributed by atoms with Gasteiger partial charge in [0.2, 0.25) is 0 Å². The van der Waals surface area contributed by atoms with E-state index in [0.29, 0.717) is 16.1 Å². The van der Waals surface area contributed by atoms with E-state index in [1.54, 1.807) is 24.3 Å². The third-order valence-corrected chi connectivity index (χ3v) is 6.06. The van der Waals surface area contributed by atoms with E-state index in [1.807, 2.05) is 0 Å². The van der Waals surface area contributed by atoms with Gasteiger partial charge in [-0.3, -0.25) is 4.79 Å². The largest absolute Gasteiger partial charge is 0.417 e. The van der Waals surface area contributed by atoms with Crippen molar-refractivity contribution in [1.82, 2.24) is 10.3 Å². The van der Waals surface area contributed by atoms with E-state index in [2.05, 4.69) is 26.2 Å². The molecule has 4 nitrogen and oxygen atoms in total. The van der Waals surface area contributed by atoms with Crippen molar-refractivity contribution >= 4 is 33.4 Å². The molecule has 0 saturated heterocycles. The lowest BCUT2D eigenvalue weighted by atomic mass is 9.76. The third-order valence-electron chi connectivity index (χ3n) is 5.19. The average Bonchev–Trinajstić information content (AvgIpc) is 2.67. The zero-order chi connectivity index (χ0) is 22.1. The van der Waals surface area contributed by atoms with Crippen molar-refractivity contribution in [2.24, 2.45) is 0 Å². The van der Waals surface area contributed by atoms with Crippen molar-refractivity contribution in [2.75, 3.05) is 0 Å². The van der Waals surface area contributed by atoms with E-state index < -0.39 is 46.2 Å². The van der Waals surface area contributed by atoms with Crippen LogP contribution in [-0.4, -0.2) is 27.8 Å². The fourth-order valence-electron chi connectivity index (χ4n) is 3.61. The van der Waals surface area contributed by atoms with Gasteiger partial charge in [0.1, 0.15) is 11.9 Å². The topological polar surface area (TPSA) is 62.2 Å². The molecule has 1 aliphatic rings. The van der Waals surface area contributed by atoms with Crippen LogP contribution in [0.25, 0.3) is 0 Å². The van der Waals surface area contributed by atoms with Crippen LogP contribution in [0.2, 0.25) is 5.02 Å². The second kappa shape index (κ2) is 8.80. The molecule has 2 aromatic rings. The van der Waals surface area contributed by atoms with Gasteiger partial charge < -0.3 is 10.4 Å². The molecule has 30 heavy (non-hydrogen) atoms. The van der Waals surface area contributed by atoms with Gasteiger partial charge in [-0.05, 0) is 49.4 Å². The standard InChI is InChI=1S/C20H18BrClF4N2O2/c21-12-3-1-2-11(10-12)17(19(30)7-4-13(23)5-8-19)28-18(29)16-15(22)14(6-9-27-16)20(24,25)26/h1-3,6,9-10,13,17,30H,4-5,7-8H2,(H,28,29)/t13?,17-,19?/m0/s1. The summed E-state index contributed by atoms with van der Waals surface area (Å²) < 4.78 is 53.7. The fraction of sp³-hybridized carbons (Fsp3) is 0.400. The van der Waals surface area contributed by atoms with Gasteiger partial charge in [0.05, 0.1) is 22.2 Å². The Labute approximate surface area is 183 Å². The summed E-state index contributed by atoms with van der Waals surface area (Å²) in [7, 11) is 0. The number of nitrogens with one attached hydrogen (secondary N) is 1. The summed E-state index contributed by atoms with van der Waals surface area (Å²) in [5, 5.41) is 13.0. The highest BCUT2D eigenvalue weighted by Crippen LogP contribution is 2.41. The number of rotatable bonds is 4. The minimum Gasteiger partial charge on any atom is -0.387 e. The van der Waals surface area contributed by atoms with Crippen LogP contribution in [0.5, 0.6) is 0 Å². The number of hydrogen-bond acceptors (Lipinski definition) is 3. The first-order valence-corrected chi connectivity index (χ1v) is 10.3. The molecule has 1 fully saturated rings. The van der Waals surface area contributed by atoms with Gasteiger partial charge in [0, 0.05) is 10.7 Å². The van der Waals surface area contributed by atoms with Crippen molar-refractivity contribution in [1.29, 1.82) is 0 Å². The number of nitrogens with zero attached hydrogens (tertiary/aromatic N) is 1. The molecule has 1 aromatic heterocycles. The Kier molecular flexibility index (Phi) is 6.74. The molecule has 2 N–H and O–H groups in total. The minimum atomic E-state index is -4.75. The smallest absolute Gasteiger partial charge is 0.387 e. The van der Waals surface area contributed by atoms with Crippen LogP contribution in [0.1, 0.15) is 53.3 Å². The van der Waals surface area contributed by atoms with Gasteiger partial charge in [-0.15, -0.1) is 0 Å². The summed E-state index contributed by atoms with van der Waals surface area (Å²) in [6.45, 7) is 0. The summed E-state index contributed by atoms with van der Waals surface area (Å²) in [5.41, 5.74) is -2.75. The fourth-order valence-corrected chi connectivity index (χ4v) is 4.33. The molecule has 1 atom stereocenters. The summed E-state index contributed by atoms with van der Waals surface area (Å²) in [6.07, 6.45) is -4.58. The van der Waals surface area contributed by atoms with Crippen LogP contribution in [0, 0.1) is 0 Å². The van der Waals surface area contributed by atoms with E-state index in [-0.39, 0.29) is 25.7 Å². The Morgan fingerprint density at radius 3 is 2.57 bits per heavy atom. The lowest BCUT2D eigenvalue weighted by Gasteiger charge is -2.40. The van der Waals surface area contributed by atoms with Crippen molar-refractivity contribution in [2.45, 2.75) is 49.7 Å². The monoisotopic (exact) mass is 508 g/mol. The highest BCUT2D eigenvalue weighted by Gasteiger charge is 2.43. The van der Waals surface area contributed by atoms with Crippen LogP contribution in [-0.2, 0) is 6.18 Å². The van der Waals surface area contributed by atoms with E-state index in [9.17, 15) is 27.5 Å². The van der Waals surface area contributed by atoms with Gasteiger partial charge >= 0.3 is 6.18 Å². The number of amides is 1. The van der Waals surface area contributed by atoms with Crippen molar-refractivity contribution in [3.8, 4) is 0 Å². The van der Waals surface area contributed by atoms with Crippen LogP contribution < -0.4 is 5.32 Å². The number of alkyl halides is 4. The Morgan fingerprint density at radius 1 is 1.30 bits per heavy atom. The average molecular weight is 510 g/mol. The lowest BCUT2D eigenvalue weighted by Crippen LogP contribution is -2.48. The highest BCUT2D eigenvalue weighted by molar-refractivity contribution is 9.10. The first kappa shape index (κ1) is 23.0. The lowest BCUT2D eigenvalue weighted by molar-refractivity contribution is -0.137. The predicted octanol–water partition coefficient (Wildman–Crippen LogP) is 5.63. The molecule has 1 aliphatic carbocycles. The molecule has 3 rings (SSSR count). The van der Waals surface area contributed by atoms with E-state index >= 15 is 0 Å². The maximum Gasteiger partial charge on any atom is 0.417 e. The van der Waals surface area contributed by atoms with Gasteiger partial charge in [-0.1, -0.05) is 39.7 Å². The van der Waals surface area contributed by atoms with Gasteiger partial charge in [-0.2, -0.15) is 13.2 Å². The SMILES string of the molecule is O=C(N[C@@H](c1cccc(Br)c1)C1(O)CCC(F)CC1)c1nccc(C(F)(F)F)c1Cl. The molecular weight excluding hydrogens is 492 g/mol. The summed E-state index contributed by atoms with van der Waals surface area (Å²) in [6, 6.07) is 6.46. The number of aromatic nitrogens is 1. The zero-order valence-electron chi connectivity index (χ0n) is 15.5. The van der Waals surface area contributed by atoms with Gasteiger partial charge in [0.15, 0.2) is 0 Å². The molecule has 1 heterocycles. The molecule has 1 aromatic carbocycles. The molecule has 0 spiro atoms. The van der Waals surface area contributed by atoms with Gasteiger partial charge in [-0.25, -0.2) is 9.37 Å². The zero-order valence-corrected chi connectivity index (χ0v) is 17.9. The Bertz CT molecular complexity index is 933.